The van der Waals surface area contributed by atoms with Crippen molar-refractivity contribution in [1.29, 1.82) is 0 Å². The first-order valence-electron chi connectivity index (χ1n) is 11.1. The van der Waals surface area contributed by atoms with E-state index in [9.17, 15) is 0 Å². The van der Waals surface area contributed by atoms with E-state index in [1.54, 1.807) is 0 Å². The van der Waals surface area contributed by atoms with Gasteiger partial charge in [0.15, 0.2) is 0 Å². The fraction of sp³-hybridized carbons (Fsp3) is 0.520. The van der Waals surface area contributed by atoms with Gasteiger partial charge in [-0.3, -0.25) is 0 Å². The lowest BCUT2D eigenvalue weighted by Crippen LogP contribution is -2.31. The summed E-state index contributed by atoms with van der Waals surface area (Å²) in [5.74, 6) is 2.18. The van der Waals surface area contributed by atoms with Gasteiger partial charge in [0, 0.05) is 42.4 Å². The minimum Gasteiger partial charge on any atom is -0.493 e. The molecular weight excluding hydrogens is 376 g/mol. The van der Waals surface area contributed by atoms with Crippen molar-refractivity contribution in [3.8, 4) is 5.75 Å². The van der Waals surface area contributed by atoms with Gasteiger partial charge in [0.2, 0.25) is 0 Å². The Morgan fingerprint density at radius 2 is 1.93 bits per heavy atom. The normalized spacial score (nSPS) is 19.4. The first kappa shape index (κ1) is 20.6. The molecule has 0 aliphatic carbocycles. The van der Waals surface area contributed by atoms with E-state index in [0.717, 1.165) is 56.6 Å². The molecule has 1 unspecified atom stereocenters. The molecule has 29 heavy (non-hydrogen) atoms. The monoisotopic (exact) mass is 410 g/mol. The van der Waals surface area contributed by atoms with Crippen LogP contribution >= 0.6 is 11.8 Å². The third-order valence-electron chi connectivity index (χ3n) is 6.23. The molecule has 0 spiro atoms. The summed E-state index contributed by atoms with van der Waals surface area (Å²) in [6, 6.07) is 16.3. The molecule has 1 atom stereocenters. The molecular formula is C25H34N2OS. The van der Waals surface area contributed by atoms with Crippen LogP contribution in [0, 0.1) is 6.92 Å². The Morgan fingerprint density at radius 1 is 1.07 bits per heavy atom. The second-order valence-electron chi connectivity index (χ2n) is 8.43. The summed E-state index contributed by atoms with van der Waals surface area (Å²) in [5.41, 5.74) is 4.09. The van der Waals surface area contributed by atoms with E-state index in [-0.39, 0.29) is 0 Å². The average Bonchev–Trinajstić information content (AvgIpc) is 3.15. The molecule has 2 heterocycles. The Morgan fingerprint density at radius 3 is 2.72 bits per heavy atom. The molecule has 1 fully saturated rings. The highest BCUT2D eigenvalue weighted by Crippen LogP contribution is 2.37. The molecule has 156 valence electrons. The van der Waals surface area contributed by atoms with Gasteiger partial charge in [0.25, 0.3) is 0 Å². The van der Waals surface area contributed by atoms with Crippen molar-refractivity contribution >= 4 is 17.4 Å². The van der Waals surface area contributed by atoms with Gasteiger partial charge in [-0.05, 0) is 63.8 Å². The quantitative estimate of drug-likeness (QED) is 0.541. The summed E-state index contributed by atoms with van der Waals surface area (Å²) < 4.78 is 6.13. The van der Waals surface area contributed by atoms with Crippen LogP contribution < -0.4 is 9.64 Å². The summed E-state index contributed by atoms with van der Waals surface area (Å²) in [6.45, 7) is 9.89. The molecule has 0 aromatic heterocycles. The van der Waals surface area contributed by atoms with Gasteiger partial charge in [-0.15, -0.1) is 11.8 Å². The van der Waals surface area contributed by atoms with E-state index < -0.39 is 0 Å². The Labute approximate surface area is 180 Å². The fourth-order valence-corrected chi connectivity index (χ4v) is 5.41. The number of fused-ring (bicyclic) bond motifs is 1. The lowest BCUT2D eigenvalue weighted by atomic mass is 10.1. The van der Waals surface area contributed by atoms with Crippen molar-refractivity contribution in [2.75, 3.05) is 43.4 Å². The van der Waals surface area contributed by atoms with Gasteiger partial charge in [-0.2, -0.15) is 0 Å². The van der Waals surface area contributed by atoms with Crippen LogP contribution in [0.15, 0.2) is 47.4 Å². The number of anilines is 1. The maximum Gasteiger partial charge on any atom is 0.121 e. The van der Waals surface area contributed by atoms with Gasteiger partial charge in [0.05, 0.1) is 12.3 Å². The van der Waals surface area contributed by atoms with Crippen molar-refractivity contribution in [2.24, 2.45) is 0 Å². The lowest BCUT2D eigenvalue weighted by molar-refractivity contribution is 0.230. The number of nitrogens with zero attached hydrogens (tertiary/aromatic N) is 2. The zero-order valence-corrected chi connectivity index (χ0v) is 18.7. The molecule has 4 rings (SSSR count). The van der Waals surface area contributed by atoms with Crippen LogP contribution in [0.25, 0.3) is 0 Å². The van der Waals surface area contributed by atoms with Gasteiger partial charge < -0.3 is 14.5 Å². The summed E-state index contributed by atoms with van der Waals surface area (Å²) in [5, 5.41) is 0. The largest absolute Gasteiger partial charge is 0.493 e. The summed E-state index contributed by atoms with van der Waals surface area (Å²) in [7, 11) is 0. The first-order valence-corrected chi connectivity index (χ1v) is 12.1. The van der Waals surface area contributed by atoms with E-state index in [0.29, 0.717) is 0 Å². The van der Waals surface area contributed by atoms with Crippen molar-refractivity contribution in [2.45, 2.75) is 50.5 Å². The number of rotatable bonds is 8. The highest BCUT2D eigenvalue weighted by molar-refractivity contribution is 7.99. The molecule has 0 saturated carbocycles. The summed E-state index contributed by atoms with van der Waals surface area (Å²) in [4.78, 5) is 6.52. The molecule has 0 N–H and O–H groups in total. The zero-order chi connectivity index (χ0) is 20.1. The molecule has 3 nitrogen and oxygen atoms in total. The molecule has 0 amide bonds. The van der Waals surface area contributed by atoms with E-state index in [1.165, 1.54) is 41.1 Å². The predicted octanol–water partition coefficient (Wildman–Crippen LogP) is 5.40. The molecule has 2 aliphatic rings. The smallest absolute Gasteiger partial charge is 0.121 e. The van der Waals surface area contributed by atoms with Crippen molar-refractivity contribution < 1.29 is 4.74 Å². The van der Waals surface area contributed by atoms with Crippen molar-refractivity contribution in [1.82, 2.24) is 4.90 Å². The van der Waals surface area contributed by atoms with E-state index in [1.807, 2.05) is 11.8 Å². The second kappa shape index (κ2) is 9.90. The Bertz CT molecular complexity index is 792. The van der Waals surface area contributed by atoms with Crippen LogP contribution in [0.1, 0.15) is 37.3 Å². The molecule has 2 aromatic carbocycles. The molecule has 2 aliphatic heterocycles. The van der Waals surface area contributed by atoms with Gasteiger partial charge in [-0.1, -0.05) is 29.8 Å². The summed E-state index contributed by atoms with van der Waals surface area (Å²) >= 11 is 1.97. The Kier molecular flexibility index (Phi) is 7.04. The highest BCUT2D eigenvalue weighted by atomic mass is 32.2. The molecule has 0 bridgehead atoms. The van der Waals surface area contributed by atoms with Gasteiger partial charge >= 0.3 is 0 Å². The first-order chi connectivity index (χ1) is 14.2. The maximum atomic E-state index is 6.13. The average molecular weight is 411 g/mol. The Hall–Kier alpha value is -1.65. The van der Waals surface area contributed by atoms with Crippen molar-refractivity contribution in [3.63, 3.8) is 0 Å². The minimum atomic E-state index is 0.748. The topological polar surface area (TPSA) is 15.7 Å². The number of aryl methyl sites for hydroxylation is 1. The number of thioether (sulfide) groups is 1. The second-order valence-corrected chi connectivity index (χ2v) is 9.57. The summed E-state index contributed by atoms with van der Waals surface area (Å²) in [6.07, 6.45) is 4.89. The lowest BCUT2D eigenvalue weighted by Gasteiger charge is -2.31. The third kappa shape index (κ3) is 5.49. The van der Waals surface area contributed by atoms with Crippen molar-refractivity contribution in [3.05, 3.63) is 53.6 Å². The predicted molar refractivity (Wildman–Crippen MR) is 125 cm³/mol. The molecule has 1 saturated heterocycles. The third-order valence-corrected chi connectivity index (χ3v) is 7.27. The number of hydrogen-bond donors (Lipinski definition) is 0. The van der Waals surface area contributed by atoms with E-state index in [4.69, 9.17) is 4.74 Å². The molecule has 2 aromatic rings. The standard InChI is InChI=1S/C25H34N2OS/c1-20-6-8-22(9-7-20)12-15-27-16-18-29-25-11-10-23(19-24(25)27)28-17-4-14-26-13-3-5-21(26)2/h6-11,19,21H,3-5,12-18H2,1-2H3. The Balaban J connectivity index is 1.32. The van der Waals surface area contributed by atoms with E-state index in [2.05, 4.69) is 66.1 Å². The number of likely N-dealkylation sites (tertiary alicyclic amines) is 1. The van der Waals surface area contributed by atoms with Crippen LogP contribution in [-0.4, -0.2) is 49.5 Å². The van der Waals surface area contributed by atoms with Crippen LogP contribution in [-0.2, 0) is 6.42 Å². The van der Waals surface area contributed by atoms with Crippen LogP contribution in [0.4, 0.5) is 5.69 Å². The van der Waals surface area contributed by atoms with Gasteiger partial charge in [0.1, 0.15) is 5.75 Å². The molecule has 4 heteroatoms. The molecule has 0 radical (unpaired) electrons. The number of benzene rings is 2. The SMILES string of the molecule is Cc1ccc(CCN2CCSc3ccc(OCCCN4CCCC4C)cc32)cc1. The van der Waals surface area contributed by atoms with Crippen LogP contribution in [0.5, 0.6) is 5.75 Å². The highest BCUT2D eigenvalue weighted by Gasteiger charge is 2.20. The van der Waals surface area contributed by atoms with Crippen LogP contribution in [0.3, 0.4) is 0 Å². The van der Waals surface area contributed by atoms with Gasteiger partial charge in [-0.25, -0.2) is 0 Å². The maximum absolute atomic E-state index is 6.13. The van der Waals surface area contributed by atoms with Crippen LogP contribution in [0.2, 0.25) is 0 Å². The minimum absolute atomic E-state index is 0.748. The number of ether oxygens (including phenoxy) is 1. The number of hydrogen-bond acceptors (Lipinski definition) is 4. The zero-order valence-electron chi connectivity index (χ0n) is 17.9. The van der Waals surface area contributed by atoms with E-state index >= 15 is 0 Å². The fourth-order valence-electron chi connectivity index (χ4n) is 4.38.